The molecule has 24 atom stereocenters. The normalized spacial score (nSPS) is 49.9. The zero-order valence-corrected chi connectivity index (χ0v) is 44.2. The second-order valence-electron chi connectivity index (χ2n) is 24.8. The first-order chi connectivity index (χ1) is 34.5. The van der Waals surface area contributed by atoms with E-state index in [1.807, 2.05) is 13.8 Å². The summed E-state index contributed by atoms with van der Waals surface area (Å²) in [4.78, 5) is 39.3. The predicted octanol–water partition coefficient (Wildman–Crippen LogP) is 0.985. The Morgan fingerprint density at radius 1 is 0.716 bits per heavy atom. The molecule has 420 valence electrons. The number of carboxylic acids is 1. The molecule has 7 fully saturated rings. The molecule has 21 heteroatoms. The van der Waals surface area contributed by atoms with E-state index >= 15 is 0 Å². The van der Waals surface area contributed by atoms with E-state index in [4.69, 9.17) is 37.9 Å². The number of fused-ring (bicyclic) bond motifs is 7. The minimum Gasteiger partial charge on any atom is -0.479 e. The van der Waals surface area contributed by atoms with Gasteiger partial charge in [-0.15, -0.1) is 0 Å². The molecule has 0 spiro atoms. The molecule has 3 saturated heterocycles. The molecule has 21 nitrogen and oxygen atoms in total. The predicted molar refractivity (Wildman–Crippen MR) is 256 cm³/mol. The second-order valence-corrected chi connectivity index (χ2v) is 24.8. The highest BCUT2D eigenvalue weighted by Crippen LogP contribution is 2.76. The number of aliphatic hydroxyl groups excluding tert-OH is 9. The van der Waals surface area contributed by atoms with Gasteiger partial charge >= 0.3 is 17.9 Å². The van der Waals surface area contributed by atoms with E-state index in [9.17, 15) is 65.4 Å². The van der Waals surface area contributed by atoms with Gasteiger partial charge in [0.15, 0.2) is 25.0 Å². The number of hydrogen-bond donors (Lipinski definition) is 10. The van der Waals surface area contributed by atoms with Gasteiger partial charge in [0, 0.05) is 17.9 Å². The van der Waals surface area contributed by atoms with E-state index in [2.05, 4.69) is 40.7 Å². The lowest BCUT2D eigenvalue weighted by molar-refractivity contribution is -0.382. The molecule has 3 aliphatic heterocycles. The van der Waals surface area contributed by atoms with Crippen molar-refractivity contribution in [2.75, 3.05) is 19.8 Å². The van der Waals surface area contributed by atoms with Gasteiger partial charge in [0.05, 0.1) is 37.4 Å². The highest BCUT2D eigenvalue weighted by molar-refractivity contribution is 5.87. The largest absolute Gasteiger partial charge is 0.479 e. The van der Waals surface area contributed by atoms with Crippen molar-refractivity contribution in [2.45, 2.75) is 219 Å². The number of aliphatic hydroxyl groups is 9. The minimum atomic E-state index is -1.98. The summed E-state index contributed by atoms with van der Waals surface area (Å²) in [7, 11) is 0. The maximum atomic E-state index is 13.4. The standard InChI is InChI=1S/C53H82O21/c1-11-23(2)44(66)74-41-42(69-24(3)55)53(22-54)26(18-48(41,4)5)25-12-13-30-50(8)16-15-32(49(6,7)29(50)14-17-51(30,9)52(25,10)19-31(53)58)70-47-39(72-46-36(62)34(60)28(57)21-68-46)37(63)38(40(73-47)43(64)65)71-45-35(61)33(59)27(56)20-67-45/h11-12,26-42,45-47,54,56-63H,13-22H2,1-10H3,(H,64,65)/b23-11-/t26-,27+,28+,29?,30?,31+,32-,33-,34-,35+,36+,37-,38-,39+,40-,41-,42-,45-,46-,47+,50-,51+,52+,53-/m0/s1. The summed E-state index contributed by atoms with van der Waals surface area (Å²) in [6.45, 7) is 18.1. The average Bonchev–Trinajstić information content (AvgIpc) is 3.32. The van der Waals surface area contributed by atoms with Crippen molar-refractivity contribution in [1.29, 1.82) is 0 Å². The van der Waals surface area contributed by atoms with Crippen LogP contribution in [0.25, 0.3) is 0 Å². The molecule has 10 N–H and O–H groups in total. The van der Waals surface area contributed by atoms with Gasteiger partial charge in [0.2, 0.25) is 0 Å². The number of hydrogen-bond acceptors (Lipinski definition) is 20. The number of carboxylic acid groups (broad SMARTS) is 1. The Kier molecular flexibility index (Phi) is 15.9. The molecule has 0 aromatic heterocycles. The van der Waals surface area contributed by atoms with Crippen LogP contribution in [0.2, 0.25) is 0 Å². The molecule has 2 unspecified atom stereocenters. The number of carbonyl (C=O) groups excluding carboxylic acids is 2. The molecular formula is C53H82O21. The summed E-state index contributed by atoms with van der Waals surface area (Å²) < 4.78 is 48.1. The van der Waals surface area contributed by atoms with E-state index in [1.54, 1.807) is 19.9 Å². The summed E-state index contributed by atoms with van der Waals surface area (Å²) in [5, 5.41) is 110. The average molecular weight is 1060 g/mol. The smallest absolute Gasteiger partial charge is 0.335 e. The number of esters is 2. The molecule has 0 aromatic rings. The second kappa shape index (κ2) is 20.5. The highest BCUT2D eigenvalue weighted by atomic mass is 16.8. The van der Waals surface area contributed by atoms with E-state index in [1.165, 1.54) is 6.92 Å². The Balaban J connectivity index is 1.09. The molecule has 0 bridgehead atoms. The zero-order valence-electron chi connectivity index (χ0n) is 44.2. The van der Waals surface area contributed by atoms with Crippen molar-refractivity contribution in [1.82, 2.24) is 0 Å². The summed E-state index contributed by atoms with van der Waals surface area (Å²) in [6.07, 6.45) is -18.9. The Bertz CT molecular complexity index is 2170. The van der Waals surface area contributed by atoms with Crippen LogP contribution in [0.4, 0.5) is 0 Å². The van der Waals surface area contributed by atoms with Crippen LogP contribution in [0.15, 0.2) is 23.3 Å². The third-order valence-corrected chi connectivity index (χ3v) is 20.1. The Morgan fingerprint density at radius 3 is 1.86 bits per heavy atom. The fraction of sp³-hybridized carbons (Fsp3) is 0.868. The lowest BCUT2D eigenvalue weighted by Gasteiger charge is -2.72. The van der Waals surface area contributed by atoms with Crippen LogP contribution in [0, 0.1) is 50.2 Å². The van der Waals surface area contributed by atoms with Gasteiger partial charge in [-0.25, -0.2) is 9.59 Å². The molecule has 8 rings (SSSR count). The van der Waals surface area contributed by atoms with E-state index in [-0.39, 0.29) is 23.7 Å². The van der Waals surface area contributed by atoms with Crippen molar-refractivity contribution in [3.05, 3.63) is 23.3 Å². The lowest BCUT2D eigenvalue weighted by atomic mass is 9.33. The van der Waals surface area contributed by atoms with Gasteiger partial charge in [-0.2, -0.15) is 0 Å². The number of carbonyl (C=O) groups is 3. The molecule has 0 radical (unpaired) electrons. The van der Waals surface area contributed by atoms with Crippen LogP contribution in [0.3, 0.4) is 0 Å². The first-order valence-electron chi connectivity index (χ1n) is 26.3. The van der Waals surface area contributed by atoms with E-state index in [0.717, 1.165) is 12.0 Å². The van der Waals surface area contributed by atoms with Gasteiger partial charge in [0.1, 0.15) is 67.1 Å². The molecule has 74 heavy (non-hydrogen) atoms. The molecular weight excluding hydrogens is 973 g/mol. The van der Waals surface area contributed by atoms with E-state index in [0.29, 0.717) is 37.7 Å². The fourth-order valence-electron chi connectivity index (χ4n) is 15.7. The van der Waals surface area contributed by atoms with Crippen molar-refractivity contribution >= 4 is 17.9 Å². The van der Waals surface area contributed by atoms with Crippen molar-refractivity contribution in [3.8, 4) is 0 Å². The van der Waals surface area contributed by atoms with Gasteiger partial charge in [0.25, 0.3) is 0 Å². The molecule has 4 saturated carbocycles. The van der Waals surface area contributed by atoms with Crippen LogP contribution < -0.4 is 0 Å². The quantitative estimate of drug-likeness (QED) is 0.0597. The zero-order chi connectivity index (χ0) is 54.6. The van der Waals surface area contributed by atoms with Gasteiger partial charge in [-0.1, -0.05) is 66.2 Å². The van der Waals surface area contributed by atoms with Crippen LogP contribution in [0.5, 0.6) is 0 Å². The maximum Gasteiger partial charge on any atom is 0.335 e. The third-order valence-electron chi connectivity index (χ3n) is 20.1. The Morgan fingerprint density at radius 2 is 1.31 bits per heavy atom. The third kappa shape index (κ3) is 9.11. The summed E-state index contributed by atoms with van der Waals surface area (Å²) in [5.74, 6) is -3.18. The van der Waals surface area contributed by atoms with Crippen molar-refractivity contribution in [3.63, 3.8) is 0 Å². The first kappa shape index (κ1) is 57.5. The monoisotopic (exact) mass is 1050 g/mol. The van der Waals surface area contributed by atoms with Crippen LogP contribution >= 0.6 is 0 Å². The Labute approximate surface area is 432 Å². The summed E-state index contributed by atoms with van der Waals surface area (Å²) in [6, 6.07) is 0. The lowest BCUT2D eigenvalue weighted by Crippen LogP contribution is -2.72. The number of rotatable bonds is 11. The van der Waals surface area contributed by atoms with Gasteiger partial charge in [-0.3, -0.25) is 4.79 Å². The first-order valence-corrected chi connectivity index (χ1v) is 26.3. The topological polar surface area (TPSA) is 327 Å². The van der Waals surface area contributed by atoms with Crippen LogP contribution in [-0.4, -0.2) is 193 Å². The van der Waals surface area contributed by atoms with Gasteiger partial charge in [-0.05, 0) is 98.2 Å². The van der Waals surface area contributed by atoms with Gasteiger partial charge < -0.3 is 89.0 Å². The van der Waals surface area contributed by atoms with Crippen LogP contribution in [0.1, 0.15) is 114 Å². The summed E-state index contributed by atoms with van der Waals surface area (Å²) in [5.41, 5.74) is -2.68. The number of allylic oxidation sites excluding steroid dienone is 3. The number of aliphatic carboxylic acids is 1. The molecule has 3 heterocycles. The Hall–Kier alpha value is -2.71. The molecule has 0 aromatic carbocycles. The molecule has 8 aliphatic rings. The molecule has 5 aliphatic carbocycles. The SMILES string of the molecule is C/C=C(/C)C(=O)O[C@H]1[C@H](OC(C)=O)[C@]2(CO)[C@H](O)C[C@]3(C)C(=CCC4[C@@]5(C)CC[C@H](O[C@@H]6O[C@H](C(=O)O)[C@@H](O[C@@H]7OC[C@@H](O)[C@H](O)[C@H]7O)[C@H](O)[C@H]6O[C@@H]6OC[C@@H](O)[C@H](O)[C@H]6O)C(C)(C)C5CC[C@]43C)[C@@H]2CC1(C)C. The number of ether oxygens (including phenoxy) is 8. The van der Waals surface area contributed by atoms with Crippen molar-refractivity contribution in [2.24, 2.45) is 50.2 Å². The molecule has 0 amide bonds. The fourth-order valence-corrected chi connectivity index (χ4v) is 15.7. The van der Waals surface area contributed by atoms with E-state index < -0.39 is 175 Å². The highest BCUT2D eigenvalue weighted by Gasteiger charge is 2.74. The minimum absolute atomic E-state index is 0.0143. The van der Waals surface area contributed by atoms with Crippen molar-refractivity contribution < 1.29 is 103 Å². The van der Waals surface area contributed by atoms with Crippen LogP contribution in [-0.2, 0) is 52.3 Å². The summed E-state index contributed by atoms with van der Waals surface area (Å²) >= 11 is 0. The maximum absolute atomic E-state index is 13.4.